The summed E-state index contributed by atoms with van der Waals surface area (Å²) >= 11 is 0. The monoisotopic (exact) mass is 280 g/mol. The summed E-state index contributed by atoms with van der Waals surface area (Å²) < 4.78 is 0. The van der Waals surface area contributed by atoms with Gasteiger partial charge >= 0.3 is 0 Å². The van der Waals surface area contributed by atoms with E-state index in [-0.39, 0.29) is 11.6 Å². The largest absolute Gasteiger partial charge is 0.385 e. The van der Waals surface area contributed by atoms with Crippen molar-refractivity contribution in [1.29, 1.82) is 0 Å². The lowest BCUT2D eigenvalue weighted by Gasteiger charge is -2.15. The molecule has 0 spiro atoms. The molecule has 7 nitrogen and oxygen atoms in total. The van der Waals surface area contributed by atoms with E-state index in [1.165, 1.54) is 12.1 Å². The first kappa shape index (κ1) is 15.7. The molecule has 0 radical (unpaired) electrons. The number of nitro groups is 1. The highest BCUT2D eigenvalue weighted by molar-refractivity contribution is 5.84. The van der Waals surface area contributed by atoms with Gasteiger partial charge in [-0.05, 0) is 19.4 Å². The number of nitro benzene ring substituents is 1. The Kier molecular flexibility index (Phi) is 5.76. The maximum absolute atomic E-state index is 11.5. The standard InChI is InChI=1S/C13H20N4O3/c1-4-5-15-10-6-11(8-12(7-10)17(19)20)16-9(2)13(18)14-3/h6-9,15-16H,4-5H2,1-3H3,(H,14,18). The van der Waals surface area contributed by atoms with Gasteiger partial charge in [-0.25, -0.2) is 0 Å². The molecule has 0 aliphatic heterocycles. The first-order chi connectivity index (χ1) is 9.47. The van der Waals surface area contributed by atoms with Crippen LogP contribution in [-0.2, 0) is 4.79 Å². The van der Waals surface area contributed by atoms with Gasteiger partial charge in [-0.3, -0.25) is 14.9 Å². The lowest BCUT2D eigenvalue weighted by molar-refractivity contribution is -0.384. The van der Waals surface area contributed by atoms with Crippen LogP contribution < -0.4 is 16.0 Å². The molecule has 1 atom stereocenters. The zero-order valence-electron chi connectivity index (χ0n) is 11.9. The molecule has 1 aromatic rings. The van der Waals surface area contributed by atoms with Crippen molar-refractivity contribution >= 4 is 23.0 Å². The molecule has 0 saturated heterocycles. The topological polar surface area (TPSA) is 96.3 Å². The van der Waals surface area contributed by atoms with E-state index in [1.807, 2.05) is 6.92 Å². The molecular weight excluding hydrogens is 260 g/mol. The average molecular weight is 280 g/mol. The molecule has 1 rings (SSSR count). The van der Waals surface area contributed by atoms with E-state index in [0.717, 1.165) is 13.0 Å². The number of amides is 1. The molecule has 7 heteroatoms. The van der Waals surface area contributed by atoms with Gasteiger partial charge in [0.25, 0.3) is 5.69 Å². The predicted octanol–water partition coefficient (Wildman–Crippen LogP) is 1.96. The summed E-state index contributed by atoms with van der Waals surface area (Å²) in [4.78, 5) is 21.9. The van der Waals surface area contributed by atoms with E-state index in [1.54, 1.807) is 20.0 Å². The molecule has 1 unspecified atom stereocenters. The number of anilines is 2. The zero-order chi connectivity index (χ0) is 15.1. The molecule has 110 valence electrons. The van der Waals surface area contributed by atoms with Crippen molar-refractivity contribution in [1.82, 2.24) is 5.32 Å². The fraction of sp³-hybridized carbons (Fsp3) is 0.462. The zero-order valence-corrected chi connectivity index (χ0v) is 11.9. The van der Waals surface area contributed by atoms with Crippen molar-refractivity contribution in [2.45, 2.75) is 26.3 Å². The van der Waals surface area contributed by atoms with Crippen LogP contribution in [0.3, 0.4) is 0 Å². The van der Waals surface area contributed by atoms with E-state index < -0.39 is 11.0 Å². The van der Waals surface area contributed by atoms with E-state index in [0.29, 0.717) is 11.4 Å². The first-order valence-corrected chi connectivity index (χ1v) is 6.49. The summed E-state index contributed by atoms with van der Waals surface area (Å²) in [7, 11) is 1.54. The fourth-order valence-electron chi connectivity index (χ4n) is 1.70. The van der Waals surface area contributed by atoms with E-state index in [4.69, 9.17) is 0 Å². The lowest BCUT2D eigenvalue weighted by Crippen LogP contribution is -2.35. The minimum absolute atomic E-state index is 0.0160. The van der Waals surface area contributed by atoms with Crippen molar-refractivity contribution < 1.29 is 9.72 Å². The third-order valence-corrected chi connectivity index (χ3v) is 2.73. The Morgan fingerprint density at radius 2 is 2.00 bits per heavy atom. The van der Waals surface area contributed by atoms with Gasteiger partial charge in [0.05, 0.1) is 4.92 Å². The van der Waals surface area contributed by atoms with Crippen LogP contribution in [-0.4, -0.2) is 30.5 Å². The van der Waals surface area contributed by atoms with E-state index >= 15 is 0 Å². The number of nitrogens with zero attached hydrogens (tertiary/aromatic N) is 1. The molecule has 1 amide bonds. The number of carbonyl (C=O) groups is 1. The second kappa shape index (κ2) is 7.32. The van der Waals surface area contributed by atoms with Crippen molar-refractivity contribution in [3.8, 4) is 0 Å². The lowest BCUT2D eigenvalue weighted by atomic mass is 10.2. The van der Waals surface area contributed by atoms with Gasteiger partial charge in [0, 0.05) is 37.1 Å². The van der Waals surface area contributed by atoms with Crippen molar-refractivity contribution in [3.63, 3.8) is 0 Å². The van der Waals surface area contributed by atoms with Crippen LogP contribution in [0.1, 0.15) is 20.3 Å². The second-order valence-electron chi connectivity index (χ2n) is 4.43. The number of carbonyl (C=O) groups excluding carboxylic acids is 1. The smallest absolute Gasteiger partial charge is 0.273 e. The number of nitrogens with one attached hydrogen (secondary N) is 3. The van der Waals surface area contributed by atoms with Crippen LogP contribution in [0.15, 0.2) is 18.2 Å². The molecular formula is C13H20N4O3. The van der Waals surface area contributed by atoms with Gasteiger partial charge in [0.2, 0.25) is 5.91 Å². The van der Waals surface area contributed by atoms with Crippen molar-refractivity contribution in [2.24, 2.45) is 0 Å². The molecule has 0 saturated carbocycles. The number of hydrogen-bond donors (Lipinski definition) is 3. The van der Waals surface area contributed by atoms with Gasteiger partial charge in [-0.1, -0.05) is 6.92 Å². The summed E-state index contributed by atoms with van der Waals surface area (Å²) in [5.74, 6) is -0.181. The minimum Gasteiger partial charge on any atom is -0.385 e. The van der Waals surface area contributed by atoms with Crippen molar-refractivity contribution in [3.05, 3.63) is 28.3 Å². The minimum atomic E-state index is -0.471. The summed E-state index contributed by atoms with van der Waals surface area (Å²) in [5, 5.41) is 19.5. The molecule has 1 aromatic carbocycles. The van der Waals surface area contributed by atoms with Gasteiger partial charge in [-0.15, -0.1) is 0 Å². The summed E-state index contributed by atoms with van der Waals surface area (Å²) in [6, 6.07) is 4.17. The molecule has 0 fully saturated rings. The predicted molar refractivity (Wildman–Crippen MR) is 79.0 cm³/mol. The molecule has 0 heterocycles. The SMILES string of the molecule is CCCNc1cc(NC(C)C(=O)NC)cc([N+](=O)[O-])c1. The molecule has 0 aliphatic carbocycles. The Bertz CT molecular complexity index is 491. The quantitative estimate of drug-likeness (QED) is 0.524. The Hall–Kier alpha value is -2.31. The summed E-state index contributed by atoms with van der Waals surface area (Å²) in [5.41, 5.74) is 1.18. The number of likely N-dealkylation sites (N-methyl/N-ethyl adjacent to an activating group) is 1. The average Bonchev–Trinajstić information content (AvgIpc) is 2.43. The Morgan fingerprint density at radius 1 is 1.35 bits per heavy atom. The first-order valence-electron chi connectivity index (χ1n) is 6.49. The van der Waals surface area contributed by atoms with Crippen LogP contribution in [0.25, 0.3) is 0 Å². The summed E-state index contributed by atoms with van der Waals surface area (Å²) in [6.07, 6.45) is 0.917. The highest BCUT2D eigenvalue weighted by Crippen LogP contribution is 2.24. The Morgan fingerprint density at radius 3 is 2.55 bits per heavy atom. The van der Waals surface area contributed by atoms with Crippen LogP contribution in [0.2, 0.25) is 0 Å². The van der Waals surface area contributed by atoms with Crippen LogP contribution in [0.5, 0.6) is 0 Å². The Labute approximate surface area is 117 Å². The fourth-order valence-corrected chi connectivity index (χ4v) is 1.70. The third kappa shape index (κ3) is 4.42. The number of hydrogen-bond acceptors (Lipinski definition) is 5. The molecule has 20 heavy (non-hydrogen) atoms. The number of non-ortho nitro benzene ring substituents is 1. The van der Waals surface area contributed by atoms with Crippen LogP contribution in [0.4, 0.5) is 17.1 Å². The van der Waals surface area contributed by atoms with Gasteiger partial charge in [-0.2, -0.15) is 0 Å². The maximum atomic E-state index is 11.5. The second-order valence-corrected chi connectivity index (χ2v) is 4.43. The third-order valence-electron chi connectivity index (χ3n) is 2.73. The van der Waals surface area contributed by atoms with Gasteiger partial charge in [0.15, 0.2) is 0 Å². The number of benzene rings is 1. The molecule has 0 aliphatic rings. The van der Waals surface area contributed by atoms with Crippen molar-refractivity contribution in [2.75, 3.05) is 24.2 Å². The van der Waals surface area contributed by atoms with E-state index in [2.05, 4.69) is 16.0 Å². The summed E-state index contributed by atoms with van der Waals surface area (Å²) in [6.45, 7) is 4.43. The molecule has 3 N–H and O–H groups in total. The van der Waals surface area contributed by atoms with Gasteiger partial charge < -0.3 is 16.0 Å². The van der Waals surface area contributed by atoms with Gasteiger partial charge in [0.1, 0.15) is 6.04 Å². The van der Waals surface area contributed by atoms with Crippen LogP contribution >= 0.6 is 0 Å². The highest BCUT2D eigenvalue weighted by atomic mass is 16.6. The Balaban J connectivity index is 2.96. The van der Waals surface area contributed by atoms with E-state index in [9.17, 15) is 14.9 Å². The normalized spacial score (nSPS) is 11.6. The molecule has 0 bridgehead atoms. The highest BCUT2D eigenvalue weighted by Gasteiger charge is 2.14. The molecule has 0 aromatic heterocycles. The number of rotatable bonds is 7. The maximum Gasteiger partial charge on any atom is 0.273 e. The van der Waals surface area contributed by atoms with Crippen LogP contribution in [0, 0.1) is 10.1 Å².